The SMILES string of the molecule is Cc1ccccc1CNS(=O)(=O)c1cc(C)c(C(=O)O)s1. The van der Waals surface area contributed by atoms with Crippen LogP contribution in [-0.4, -0.2) is 19.5 Å². The lowest BCUT2D eigenvalue weighted by Gasteiger charge is -2.07. The lowest BCUT2D eigenvalue weighted by atomic mass is 10.1. The third kappa shape index (κ3) is 3.49. The predicted molar refractivity (Wildman–Crippen MR) is 81.2 cm³/mol. The summed E-state index contributed by atoms with van der Waals surface area (Å²) in [6.07, 6.45) is 0. The fraction of sp³-hybridized carbons (Fsp3) is 0.214. The first kappa shape index (κ1) is 15.7. The number of carbonyl (C=O) groups is 1. The number of hydrogen-bond donors (Lipinski definition) is 2. The molecule has 0 aliphatic carbocycles. The van der Waals surface area contributed by atoms with E-state index in [-0.39, 0.29) is 15.6 Å². The van der Waals surface area contributed by atoms with Crippen LogP contribution in [0, 0.1) is 13.8 Å². The van der Waals surface area contributed by atoms with E-state index in [2.05, 4.69) is 4.72 Å². The molecule has 21 heavy (non-hydrogen) atoms. The molecule has 7 heteroatoms. The van der Waals surface area contributed by atoms with Gasteiger partial charge >= 0.3 is 5.97 Å². The van der Waals surface area contributed by atoms with Crippen LogP contribution >= 0.6 is 11.3 Å². The van der Waals surface area contributed by atoms with Gasteiger partial charge in [0.2, 0.25) is 10.0 Å². The molecule has 0 radical (unpaired) electrons. The molecule has 1 heterocycles. The molecule has 0 spiro atoms. The maximum absolute atomic E-state index is 12.2. The minimum Gasteiger partial charge on any atom is -0.477 e. The maximum Gasteiger partial charge on any atom is 0.346 e. The summed E-state index contributed by atoms with van der Waals surface area (Å²) in [7, 11) is -3.71. The first-order valence-electron chi connectivity index (χ1n) is 6.19. The van der Waals surface area contributed by atoms with Gasteiger partial charge in [0.05, 0.1) is 0 Å². The minimum absolute atomic E-state index is 0.0194. The van der Waals surface area contributed by atoms with Crippen LogP contribution in [0.5, 0.6) is 0 Å². The van der Waals surface area contributed by atoms with Crippen LogP contribution in [0.2, 0.25) is 0 Å². The van der Waals surface area contributed by atoms with E-state index < -0.39 is 16.0 Å². The summed E-state index contributed by atoms with van der Waals surface area (Å²) in [5, 5.41) is 8.98. The molecule has 2 rings (SSSR count). The molecule has 0 atom stereocenters. The van der Waals surface area contributed by atoms with Gasteiger partial charge in [-0.1, -0.05) is 24.3 Å². The van der Waals surface area contributed by atoms with Crippen molar-refractivity contribution in [1.29, 1.82) is 0 Å². The molecule has 0 bridgehead atoms. The van der Waals surface area contributed by atoms with E-state index in [9.17, 15) is 13.2 Å². The lowest BCUT2D eigenvalue weighted by Crippen LogP contribution is -2.22. The fourth-order valence-electron chi connectivity index (χ4n) is 1.85. The second-order valence-corrected chi connectivity index (χ2v) is 7.68. The zero-order chi connectivity index (χ0) is 15.6. The van der Waals surface area contributed by atoms with Crippen LogP contribution in [-0.2, 0) is 16.6 Å². The molecule has 0 amide bonds. The molecule has 0 saturated carbocycles. The minimum atomic E-state index is -3.71. The van der Waals surface area contributed by atoms with Crippen molar-refractivity contribution >= 4 is 27.3 Å². The molecule has 2 N–H and O–H groups in total. The summed E-state index contributed by atoms with van der Waals surface area (Å²) in [5.74, 6) is -1.11. The van der Waals surface area contributed by atoms with Crippen molar-refractivity contribution < 1.29 is 18.3 Å². The normalized spacial score (nSPS) is 11.5. The molecule has 112 valence electrons. The first-order valence-corrected chi connectivity index (χ1v) is 8.49. The number of thiophene rings is 1. The third-order valence-electron chi connectivity index (χ3n) is 3.07. The van der Waals surface area contributed by atoms with Gasteiger partial charge < -0.3 is 5.11 Å². The van der Waals surface area contributed by atoms with Crippen LogP contribution in [0.3, 0.4) is 0 Å². The summed E-state index contributed by atoms with van der Waals surface area (Å²) < 4.78 is 26.9. The van der Waals surface area contributed by atoms with E-state index in [1.54, 1.807) is 6.92 Å². The maximum atomic E-state index is 12.2. The van der Waals surface area contributed by atoms with Gasteiger partial charge in [0, 0.05) is 6.54 Å². The molecule has 2 aromatic rings. The van der Waals surface area contributed by atoms with Crippen LogP contribution in [0.25, 0.3) is 0 Å². The average molecular weight is 325 g/mol. The second-order valence-electron chi connectivity index (χ2n) is 4.63. The number of carboxylic acid groups (broad SMARTS) is 1. The standard InChI is InChI=1S/C14H15NO4S2/c1-9-5-3-4-6-11(9)8-15-21(18,19)12-7-10(2)13(20-12)14(16)17/h3-7,15H,8H2,1-2H3,(H,16,17). The van der Waals surface area contributed by atoms with Crippen molar-refractivity contribution in [3.05, 3.63) is 51.9 Å². The molecule has 0 aliphatic rings. The van der Waals surface area contributed by atoms with Crippen LogP contribution in [0.15, 0.2) is 34.5 Å². The molecule has 0 saturated heterocycles. The fourth-order valence-corrected chi connectivity index (χ4v) is 4.28. The number of nitrogens with one attached hydrogen (secondary N) is 1. The molecule has 5 nitrogen and oxygen atoms in total. The number of carboxylic acids is 1. The van der Waals surface area contributed by atoms with E-state index in [0.29, 0.717) is 5.56 Å². The molecule has 0 unspecified atom stereocenters. The third-order valence-corrected chi connectivity index (χ3v) is 6.17. The van der Waals surface area contributed by atoms with Gasteiger partial charge in [0.1, 0.15) is 9.09 Å². The van der Waals surface area contributed by atoms with Gasteiger partial charge in [-0.25, -0.2) is 17.9 Å². The predicted octanol–water partition coefficient (Wildman–Crippen LogP) is 2.54. The zero-order valence-electron chi connectivity index (χ0n) is 11.6. The summed E-state index contributed by atoms with van der Waals surface area (Å²) in [6, 6.07) is 8.86. The zero-order valence-corrected chi connectivity index (χ0v) is 13.2. The smallest absolute Gasteiger partial charge is 0.346 e. The highest BCUT2D eigenvalue weighted by molar-refractivity contribution is 7.91. The van der Waals surface area contributed by atoms with Crippen LogP contribution in [0.4, 0.5) is 0 Å². The van der Waals surface area contributed by atoms with E-state index in [1.807, 2.05) is 31.2 Å². The molecule has 1 aromatic heterocycles. The van der Waals surface area contributed by atoms with E-state index in [4.69, 9.17) is 5.11 Å². The van der Waals surface area contributed by atoms with Crippen molar-refractivity contribution in [3.8, 4) is 0 Å². The Morgan fingerprint density at radius 2 is 1.90 bits per heavy atom. The largest absolute Gasteiger partial charge is 0.477 e. The topological polar surface area (TPSA) is 83.5 Å². The molecular weight excluding hydrogens is 310 g/mol. The summed E-state index contributed by atoms with van der Waals surface area (Å²) in [5.41, 5.74) is 2.32. The average Bonchev–Trinajstić information content (AvgIpc) is 2.81. The molecule has 0 aliphatic heterocycles. The van der Waals surface area contributed by atoms with E-state index in [0.717, 1.165) is 22.5 Å². The van der Waals surface area contributed by atoms with Gasteiger partial charge in [0.15, 0.2) is 0 Å². The lowest BCUT2D eigenvalue weighted by molar-refractivity contribution is 0.0701. The van der Waals surface area contributed by atoms with Gasteiger partial charge in [0.25, 0.3) is 0 Å². The molecular formula is C14H15NO4S2. The Morgan fingerprint density at radius 1 is 1.24 bits per heavy atom. The molecule has 0 fully saturated rings. The Balaban J connectivity index is 2.21. The number of hydrogen-bond acceptors (Lipinski definition) is 4. The van der Waals surface area contributed by atoms with Crippen LogP contribution in [0.1, 0.15) is 26.4 Å². The Bertz CT molecular complexity index is 778. The Hall–Kier alpha value is -1.70. The number of sulfonamides is 1. The van der Waals surface area contributed by atoms with Gasteiger partial charge in [-0.15, -0.1) is 11.3 Å². The van der Waals surface area contributed by atoms with Crippen molar-refractivity contribution in [3.63, 3.8) is 0 Å². The monoisotopic (exact) mass is 325 g/mol. The summed E-state index contributed by atoms with van der Waals surface area (Å²) in [4.78, 5) is 11.0. The summed E-state index contributed by atoms with van der Waals surface area (Å²) in [6.45, 7) is 3.66. The number of aryl methyl sites for hydroxylation is 2. The van der Waals surface area contributed by atoms with Gasteiger partial charge in [-0.05, 0) is 36.6 Å². The van der Waals surface area contributed by atoms with E-state index in [1.165, 1.54) is 6.07 Å². The highest BCUT2D eigenvalue weighted by atomic mass is 32.2. The first-order chi connectivity index (χ1) is 9.81. The number of rotatable bonds is 5. The van der Waals surface area contributed by atoms with Gasteiger partial charge in [-0.3, -0.25) is 0 Å². The van der Waals surface area contributed by atoms with Crippen molar-refractivity contribution in [2.24, 2.45) is 0 Å². The number of benzene rings is 1. The quantitative estimate of drug-likeness (QED) is 0.885. The molecule has 1 aromatic carbocycles. The van der Waals surface area contributed by atoms with Crippen LogP contribution < -0.4 is 4.72 Å². The highest BCUT2D eigenvalue weighted by Crippen LogP contribution is 2.26. The highest BCUT2D eigenvalue weighted by Gasteiger charge is 2.21. The van der Waals surface area contributed by atoms with E-state index >= 15 is 0 Å². The Morgan fingerprint density at radius 3 is 2.48 bits per heavy atom. The van der Waals surface area contributed by atoms with Crippen molar-refractivity contribution in [1.82, 2.24) is 4.72 Å². The summed E-state index contributed by atoms with van der Waals surface area (Å²) >= 11 is 0.764. The number of aromatic carboxylic acids is 1. The second kappa shape index (κ2) is 5.97. The van der Waals surface area contributed by atoms with Crippen molar-refractivity contribution in [2.45, 2.75) is 24.6 Å². The van der Waals surface area contributed by atoms with Crippen molar-refractivity contribution in [2.75, 3.05) is 0 Å². The Labute approximate surface area is 127 Å². The van der Waals surface area contributed by atoms with Gasteiger partial charge in [-0.2, -0.15) is 0 Å². The Kier molecular flexibility index (Phi) is 4.46.